The lowest BCUT2D eigenvalue weighted by Gasteiger charge is -2.20. The van der Waals surface area contributed by atoms with Gasteiger partial charge in [0.05, 0.1) is 6.04 Å². The molecule has 5 heteroatoms. The summed E-state index contributed by atoms with van der Waals surface area (Å²) in [5, 5.41) is 3.78. The Morgan fingerprint density at radius 3 is 2.20 bits per heavy atom. The highest BCUT2D eigenvalue weighted by Gasteiger charge is 2.16. The summed E-state index contributed by atoms with van der Waals surface area (Å²) >= 11 is 9.41. The van der Waals surface area contributed by atoms with Crippen molar-refractivity contribution in [3.05, 3.63) is 68.7 Å². The Morgan fingerprint density at radius 1 is 1.05 bits per heavy atom. The Morgan fingerprint density at radius 2 is 1.65 bits per heavy atom. The van der Waals surface area contributed by atoms with Gasteiger partial charge in [-0.05, 0) is 48.0 Å². The molecule has 2 rings (SSSR count). The molecule has 0 aliphatic rings. The zero-order valence-electron chi connectivity index (χ0n) is 10.8. The second kappa shape index (κ2) is 6.66. The van der Waals surface area contributed by atoms with Crippen molar-refractivity contribution in [2.24, 2.45) is 0 Å². The Bertz CT molecular complexity index is 527. The van der Waals surface area contributed by atoms with Crippen LogP contribution in [0.15, 0.2) is 40.9 Å². The van der Waals surface area contributed by atoms with Crippen LogP contribution in [0.2, 0.25) is 5.02 Å². The van der Waals surface area contributed by atoms with E-state index in [-0.39, 0.29) is 6.04 Å². The molecule has 0 radical (unpaired) electrons. The SMILES string of the molecule is CCNC(c1cc(F)cc(F)c1)c1cc(Cl)cc(Br)c1. The van der Waals surface area contributed by atoms with E-state index >= 15 is 0 Å². The van der Waals surface area contributed by atoms with E-state index in [9.17, 15) is 8.78 Å². The Balaban J connectivity index is 2.49. The topological polar surface area (TPSA) is 12.0 Å². The molecule has 0 aliphatic carbocycles. The van der Waals surface area contributed by atoms with Gasteiger partial charge in [0.15, 0.2) is 0 Å². The molecule has 0 bridgehead atoms. The van der Waals surface area contributed by atoms with Crippen LogP contribution in [0.5, 0.6) is 0 Å². The zero-order chi connectivity index (χ0) is 14.7. The van der Waals surface area contributed by atoms with Crippen molar-refractivity contribution in [3.8, 4) is 0 Å². The summed E-state index contributed by atoms with van der Waals surface area (Å²) in [6, 6.07) is 8.61. The lowest BCUT2D eigenvalue weighted by atomic mass is 9.98. The molecule has 1 atom stereocenters. The summed E-state index contributed by atoms with van der Waals surface area (Å²) in [6.45, 7) is 2.59. The van der Waals surface area contributed by atoms with E-state index in [4.69, 9.17) is 11.6 Å². The smallest absolute Gasteiger partial charge is 0.126 e. The van der Waals surface area contributed by atoms with Crippen molar-refractivity contribution in [3.63, 3.8) is 0 Å². The van der Waals surface area contributed by atoms with Crippen molar-refractivity contribution in [1.29, 1.82) is 0 Å². The lowest BCUT2D eigenvalue weighted by molar-refractivity contribution is 0.565. The lowest BCUT2D eigenvalue weighted by Crippen LogP contribution is -2.22. The average molecular weight is 361 g/mol. The van der Waals surface area contributed by atoms with E-state index in [1.807, 2.05) is 13.0 Å². The molecule has 2 aromatic rings. The Hall–Kier alpha value is -0.970. The minimum absolute atomic E-state index is 0.319. The maximum atomic E-state index is 13.4. The van der Waals surface area contributed by atoms with Gasteiger partial charge >= 0.3 is 0 Å². The maximum Gasteiger partial charge on any atom is 0.126 e. The van der Waals surface area contributed by atoms with Gasteiger partial charge in [-0.1, -0.05) is 34.5 Å². The van der Waals surface area contributed by atoms with E-state index in [2.05, 4.69) is 21.2 Å². The predicted octanol–water partition coefficient (Wildman–Crippen LogP) is 5.08. The van der Waals surface area contributed by atoms with Gasteiger partial charge in [-0.25, -0.2) is 8.78 Å². The fraction of sp³-hybridized carbons (Fsp3) is 0.200. The fourth-order valence-electron chi connectivity index (χ4n) is 2.12. The van der Waals surface area contributed by atoms with Crippen LogP contribution < -0.4 is 5.32 Å². The molecule has 106 valence electrons. The first-order valence-corrected chi connectivity index (χ1v) is 7.32. The molecule has 0 fully saturated rings. The monoisotopic (exact) mass is 359 g/mol. The molecule has 1 N–H and O–H groups in total. The molecule has 1 nitrogen and oxygen atoms in total. The number of halogens is 4. The molecule has 1 unspecified atom stereocenters. The third-order valence-corrected chi connectivity index (χ3v) is 3.52. The number of hydrogen-bond donors (Lipinski definition) is 1. The zero-order valence-corrected chi connectivity index (χ0v) is 13.1. The van der Waals surface area contributed by atoms with Gasteiger partial charge < -0.3 is 5.32 Å². The maximum absolute atomic E-state index is 13.4. The molecule has 0 heterocycles. The van der Waals surface area contributed by atoms with Gasteiger partial charge in [0.2, 0.25) is 0 Å². The molecular weight excluding hydrogens is 348 g/mol. The molecule has 2 aromatic carbocycles. The first-order valence-electron chi connectivity index (χ1n) is 6.15. The number of benzene rings is 2. The molecule has 0 aliphatic heterocycles. The van der Waals surface area contributed by atoms with Crippen LogP contribution in [0.1, 0.15) is 24.1 Å². The third-order valence-electron chi connectivity index (χ3n) is 2.84. The van der Waals surface area contributed by atoms with Crippen molar-refractivity contribution in [2.75, 3.05) is 6.54 Å². The van der Waals surface area contributed by atoms with Crippen LogP contribution >= 0.6 is 27.5 Å². The largest absolute Gasteiger partial charge is 0.307 e. The number of rotatable bonds is 4. The average Bonchev–Trinajstić information content (AvgIpc) is 2.33. The van der Waals surface area contributed by atoms with Crippen LogP contribution in [0.25, 0.3) is 0 Å². The highest BCUT2D eigenvalue weighted by molar-refractivity contribution is 9.10. The molecule has 20 heavy (non-hydrogen) atoms. The minimum Gasteiger partial charge on any atom is -0.307 e. The van der Waals surface area contributed by atoms with Gasteiger partial charge in [0.25, 0.3) is 0 Å². The van der Waals surface area contributed by atoms with Crippen LogP contribution in [0.4, 0.5) is 8.78 Å². The third kappa shape index (κ3) is 3.78. The van der Waals surface area contributed by atoms with Gasteiger partial charge in [-0.2, -0.15) is 0 Å². The summed E-state index contributed by atoms with van der Waals surface area (Å²) in [7, 11) is 0. The van der Waals surface area contributed by atoms with E-state index in [0.29, 0.717) is 17.1 Å². The standard InChI is InChI=1S/C15H13BrClF2N/c1-2-20-15(9-3-11(16)7-12(17)4-9)10-5-13(18)8-14(19)6-10/h3-8,15,20H,2H2,1H3. The van der Waals surface area contributed by atoms with Gasteiger partial charge in [-0.15, -0.1) is 0 Å². The fourth-order valence-corrected chi connectivity index (χ4v) is 3.00. The Labute approximate surface area is 130 Å². The van der Waals surface area contributed by atoms with E-state index in [0.717, 1.165) is 16.1 Å². The van der Waals surface area contributed by atoms with Crippen LogP contribution in [-0.4, -0.2) is 6.54 Å². The van der Waals surface area contributed by atoms with E-state index < -0.39 is 11.6 Å². The first-order chi connectivity index (χ1) is 9.49. The second-order valence-electron chi connectivity index (χ2n) is 4.40. The molecular formula is C15H13BrClF2N. The first kappa shape index (κ1) is 15.4. The van der Waals surface area contributed by atoms with Crippen molar-refractivity contribution in [1.82, 2.24) is 5.32 Å². The summed E-state index contributed by atoms with van der Waals surface area (Å²) in [6.07, 6.45) is 0. The van der Waals surface area contributed by atoms with Gasteiger partial charge in [-0.3, -0.25) is 0 Å². The van der Waals surface area contributed by atoms with Crippen molar-refractivity contribution < 1.29 is 8.78 Å². The second-order valence-corrected chi connectivity index (χ2v) is 5.75. The highest BCUT2D eigenvalue weighted by Crippen LogP contribution is 2.28. The van der Waals surface area contributed by atoms with E-state index in [1.54, 1.807) is 12.1 Å². The number of hydrogen-bond acceptors (Lipinski definition) is 1. The van der Waals surface area contributed by atoms with Gasteiger partial charge in [0.1, 0.15) is 11.6 Å². The van der Waals surface area contributed by atoms with Gasteiger partial charge in [0, 0.05) is 15.6 Å². The molecule has 0 saturated carbocycles. The minimum atomic E-state index is -0.594. The molecule has 0 saturated heterocycles. The molecule has 0 spiro atoms. The number of nitrogens with one attached hydrogen (secondary N) is 1. The molecule has 0 aromatic heterocycles. The van der Waals surface area contributed by atoms with Crippen molar-refractivity contribution in [2.45, 2.75) is 13.0 Å². The predicted molar refractivity (Wildman–Crippen MR) is 81.0 cm³/mol. The molecule has 0 amide bonds. The van der Waals surface area contributed by atoms with E-state index in [1.165, 1.54) is 12.1 Å². The summed E-state index contributed by atoms with van der Waals surface area (Å²) in [5.74, 6) is -1.19. The summed E-state index contributed by atoms with van der Waals surface area (Å²) < 4.78 is 27.6. The highest BCUT2D eigenvalue weighted by atomic mass is 79.9. The van der Waals surface area contributed by atoms with Crippen LogP contribution in [-0.2, 0) is 0 Å². The normalized spacial score (nSPS) is 12.4. The van der Waals surface area contributed by atoms with Crippen molar-refractivity contribution >= 4 is 27.5 Å². The Kier molecular flexibility index (Phi) is 5.13. The van der Waals surface area contributed by atoms with Crippen LogP contribution in [0, 0.1) is 11.6 Å². The summed E-state index contributed by atoms with van der Waals surface area (Å²) in [4.78, 5) is 0. The summed E-state index contributed by atoms with van der Waals surface area (Å²) in [5.41, 5.74) is 1.37. The quantitative estimate of drug-likeness (QED) is 0.802. The van der Waals surface area contributed by atoms with Crippen LogP contribution in [0.3, 0.4) is 0 Å².